The van der Waals surface area contributed by atoms with E-state index in [0.29, 0.717) is 34.6 Å². The molecular formula is C21H24N4O5S. The van der Waals surface area contributed by atoms with E-state index in [-0.39, 0.29) is 42.2 Å². The molecule has 2 aliphatic rings. The van der Waals surface area contributed by atoms with Gasteiger partial charge in [-0.1, -0.05) is 12.1 Å². The van der Waals surface area contributed by atoms with E-state index in [1.807, 2.05) is 20.8 Å². The zero-order chi connectivity index (χ0) is 22.6. The number of benzene rings is 1. The maximum absolute atomic E-state index is 12.6. The van der Waals surface area contributed by atoms with E-state index in [9.17, 15) is 22.8 Å². The Morgan fingerprint density at radius 3 is 2.29 bits per heavy atom. The van der Waals surface area contributed by atoms with Crippen LogP contribution < -0.4 is 5.32 Å². The number of hydrogen-bond donors (Lipinski definition) is 1. The Balaban J connectivity index is 1.43. The van der Waals surface area contributed by atoms with Gasteiger partial charge in [-0.25, -0.2) is 13.1 Å². The van der Waals surface area contributed by atoms with Crippen LogP contribution in [0.3, 0.4) is 0 Å². The van der Waals surface area contributed by atoms with Crippen LogP contribution in [0.5, 0.6) is 0 Å². The van der Waals surface area contributed by atoms with Crippen molar-refractivity contribution in [3.05, 3.63) is 46.6 Å². The lowest BCUT2D eigenvalue weighted by atomic mass is 10.1. The average molecular weight is 445 g/mol. The fraction of sp³-hybridized carbons (Fsp3) is 0.429. The maximum atomic E-state index is 12.6. The summed E-state index contributed by atoms with van der Waals surface area (Å²) in [6.07, 6.45) is 0.367. The van der Waals surface area contributed by atoms with Crippen molar-refractivity contribution in [2.24, 2.45) is 0 Å². The highest BCUT2D eigenvalue weighted by Crippen LogP contribution is 2.34. The molecule has 0 radical (unpaired) electrons. The fourth-order valence-corrected chi connectivity index (χ4v) is 5.38. The predicted octanol–water partition coefficient (Wildman–Crippen LogP) is 2.08. The highest BCUT2D eigenvalue weighted by atomic mass is 32.2. The van der Waals surface area contributed by atoms with Crippen molar-refractivity contribution in [1.82, 2.24) is 14.7 Å². The van der Waals surface area contributed by atoms with Crippen LogP contribution in [0.2, 0.25) is 0 Å². The molecule has 3 amide bonds. The number of rotatable bonds is 5. The molecule has 1 N–H and O–H groups in total. The highest BCUT2D eigenvalue weighted by molar-refractivity contribution is 7.90. The van der Waals surface area contributed by atoms with Crippen LogP contribution in [0.4, 0.5) is 5.82 Å². The van der Waals surface area contributed by atoms with Crippen molar-refractivity contribution in [3.63, 3.8) is 0 Å². The zero-order valence-electron chi connectivity index (χ0n) is 17.6. The molecule has 0 spiro atoms. The van der Waals surface area contributed by atoms with E-state index in [1.165, 1.54) is 0 Å². The summed E-state index contributed by atoms with van der Waals surface area (Å²) in [5.74, 6) is -0.912. The molecule has 4 rings (SSSR count). The van der Waals surface area contributed by atoms with Gasteiger partial charge in [0.1, 0.15) is 5.82 Å². The van der Waals surface area contributed by atoms with Crippen LogP contribution in [0.15, 0.2) is 24.3 Å². The van der Waals surface area contributed by atoms with Crippen LogP contribution in [0.1, 0.15) is 65.6 Å². The number of imide groups is 1. The average Bonchev–Trinajstić information content (AvgIpc) is 3.24. The normalized spacial score (nSPS) is 17.1. The third kappa shape index (κ3) is 3.87. The third-order valence-corrected chi connectivity index (χ3v) is 6.79. The number of nitrogens with zero attached hydrogens (tertiary/aromatic N) is 3. The van der Waals surface area contributed by atoms with Crippen LogP contribution in [0.25, 0.3) is 0 Å². The molecule has 0 unspecified atom stereocenters. The summed E-state index contributed by atoms with van der Waals surface area (Å²) in [5, 5.41) is 7.23. The Bertz CT molecular complexity index is 1170. The number of amides is 3. The van der Waals surface area contributed by atoms with Gasteiger partial charge < -0.3 is 5.32 Å². The van der Waals surface area contributed by atoms with Crippen LogP contribution in [0, 0.1) is 0 Å². The summed E-state index contributed by atoms with van der Waals surface area (Å²) >= 11 is 0. The summed E-state index contributed by atoms with van der Waals surface area (Å²) in [6.45, 7) is 5.88. The van der Waals surface area contributed by atoms with Gasteiger partial charge in [-0.3, -0.25) is 19.3 Å². The van der Waals surface area contributed by atoms with Gasteiger partial charge in [0.15, 0.2) is 9.84 Å². The molecule has 3 heterocycles. The van der Waals surface area contributed by atoms with E-state index >= 15 is 0 Å². The number of nitrogens with one attached hydrogen (secondary N) is 1. The number of carbonyl (C=O) groups excluding carboxylic acids is 3. The molecule has 10 heteroatoms. The van der Waals surface area contributed by atoms with Gasteiger partial charge >= 0.3 is 0 Å². The number of fused-ring (bicyclic) bond motifs is 2. The first kappa shape index (κ1) is 21.2. The Kier molecular flexibility index (Phi) is 5.00. The predicted molar refractivity (Wildman–Crippen MR) is 113 cm³/mol. The lowest BCUT2D eigenvalue weighted by Crippen LogP contribution is -2.31. The summed E-state index contributed by atoms with van der Waals surface area (Å²) < 4.78 is 25.6. The van der Waals surface area contributed by atoms with Crippen LogP contribution in [-0.2, 0) is 31.7 Å². The molecular weight excluding hydrogens is 420 g/mol. The smallest absolute Gasteiger partial charge is 0.261 e. The van der Waals surface area contributed by atoms with Gasteiger partial charge in [0, 0.05) is 18.5 Å². The minimum absolute atomic E-state index is 0.0737. The van der Waals surface area contributed by atoms with Crippen molar-refractivity contribution >= 4 is 33.4 Å². The van der Waals surface area contributed by atoms with Gasteiger partial charge in [-0.05, 0) is 39.3 Å². The molecule has 2 aliphatic heterocycles. The number of aromatic nitrogens is 2. The van der Waals surface area contributed by atoms with Crippen molar-refractivity contribution in [3.8, 4) is 0 Å². The summed E-state index contributed by atoms with van der Waals surface area (Å²) in [5.41, 5.74) is 1.31. The van der Waals surface area contributed by atoms with Crippen molar-refractivity contribution in [1.29, 1.82) is 0 Å². The molecule has 31 heavy (non-hydrogen) atoms. The molecule has 1 aromatic carbocycles. The minimum Gasteiger partial charge on any atom is -0.311 e. The quantitative estimate of drug-likeness (QED) is 0.706. The second-order valence-electron chi connectivity index (χ2n) is 8.85. The second kappa shape index (κ2) is 7.30. The Hall–Kier alpha value is -3.01. The molecule has 9 nitrogen and oxygen atoms in total. The maximum Gasteiger partial charge on any atom is 0.261 e. The van der Waals surface area contributed by atoms with Gasteiger partial charge in [0.05, 0.1) is 33.9 Å². The monoisotopic (exact) mass is 444 g/mol. The number of carbonyl (C=O) groups is 3. The number of sulfone groups is 1. The lowest BCUT2D eigenvalue weighted by Gasteiger charge is -2.23. The summed E-state index contributed by atoms with van der Waals surface area (Å²) in [7, 11) is -3.26. The van der Waals surface area contributed by atoms with E-state index in [0.717, 1.165) is 4.90 Å². The first-order chi connectivity index (χ1) is 14.5. The topological polar surface area (TPSA) is 118 Å². The SMILES string of the molecule is CC(C)(C)n1nc2c(c1NC(=O)CCCN1C(=O)c3ccccc3C1=O)CS(=O)(=O)C2. The molecule has 0 saturated heterocycles. The zero-order valence-corrected chi connectivity index (χ0v) is 18.5. The van der Waals surface area contributed by atoms with Gasteiger partial charge in [-0.15, -0.1) is 0 Å². The van der Waals surface area contributed by atoms with Gasteiger partial charge in [0.25, 0.3) is 11.8 Å². The van der Waals surface area contributed by atoms with Crippen LogP contribution in [-0.4, -0.2) is 47.4 Å². The van der Waals surface area contributed by atoms with Gasteiger partial charge in [-0.2, -0.15) is 5.10 Å². The molecule has 1 aromatic heterocycles. The molecule has 0 bridgehead atoms. The highest BCUT2D eigenvalue weighted by Gasteiger charge is 2.36. The van der Waals surface area contributed by atoms with E-state index < -0.39 is 15.4 Å². The first-order valence-corrected chi connectivity index (χ1v) is 11.9. The molecule has 0 aliphatic carbocycles. The Morgan fingerprint density at radius 1 is 1.10 bits per heavy atom. The van der Waals surface area contributed by atoms with E-state index in [2.05, 4.69) is 10.4 Å². The minimum atomic E-state index is -3.26. The second-order valence-corrected chi connectivity index (χ2v) is 10.9. The number of hydrogen-bond acceptors (Lipinski definition) is 6. The summed E-state index contributed by atoms with van der Waals surface area (Å²) in [6, 6.07) is 6.64. The third-order valence-electron chi connectivity index (χ3n) is 5.34. The van der Waals surface area contributed by atoms with Crippen molar-refractivity contribution in [2.45, 2.75) is 50.7 Å². The molecule has 164 valence electrons. The standard InChI is InChI=1S/C21H24N4O5S/c1-21(2,3)25-18(15-11-31(29,30)12-16(15)23-25)22-17(26)9-6-10-24-19(27)13-7-4-5-8-14(13)20(24)28/h4-5,7-8H,6,9-12H2,1-3H3,(H,22,26). The molecule has 0 atom stereocenters. The van der Waals surface area contributed by atoms with E-state index in [4.69, 9.17) is 0 Å². The van der Waals surface area contributed by atoms with Crippen LogP contribution >= 0.6 is 0 Å². The molecule has 0 saturated carbocycles. The van der Waals surface area contributed by atoms with Crippen molar-refractivity contribution in [2.75, 3.05) is 11.9 Å². The summed E-state index contributed by atoms with van der Waals surface area (Å²) in [4.78, 5) is 38.6. The fourth-order valence-electron chi connectivity index (χ4n) is 3.89. The van der Waals surface area contributed by atoms with Gasteiger partial charge in [0.2, 0.25) is 5.91 Å². The number of anilines is 1. The lowest BCUT2D eigenvalue weighted by molar-refractivity contribution is -0.116. The first-order valence-electron chi connectivity index (χ1n) is 10.0. The van der Waals surface area contributed by atoms with E-state index in [1.54, 1.807) is 28.9 Å². The molecule has 0 fully saturated rings. The molecule has 2 aromatic rings. The largest absolute Gasteiger partial charge is 0.311 e. The Labute approximate surface area is 180 Å². The van der Waals surface area contributed by atoms with Crippen molar-refractivity contribution < 1.29 is 22.8 Å². The Morgan fingerprint density at radius 2 is 1.71 bits per heavy atom.